The van der Waals surface area contributed by atoms with Crippen molar-refractivity contribution in [1.29, 1.82) is 0 Å². The maximum absolute atomic E-state index is 13.4. The molecule has 156 valence electrons. The van der Waals surface area contributed by atoms with E-state index in [0.717, 1.165) is 41.6 Å². The molecule has 0 saturated heterocycles. The lowest BCUT2D eigenvalue weighted by molar-refractivity contribution is 0.102. The molecule has 1 saturated carbocycles. The van der Waals surface area contributed by atoms with Crippen LogP contribution in [0.3, 0.4) is 0 Å². The van der Waals surface area contributed by atoms with Crippen molar-refractivity contribution in [2.24, 2.45) is 0 Å². The van der Waals surface area contributed by atoms with Crippen LogP contribution in [0.1, 0.15) is 53.0 Å². The van der Waals surface area contributed by atoms with Crippen LogP contribution >= 0.6 is 0 Å². The fourth-order valence-electron chi connectivity index (χ4n) is 4.08. The number of aromatic nitrogens is 3. The molecule has 6 nitrogen and oxygen atoms in total. The third kappa shape index (κ3) is 3.44. The number of hydrogen-bond acceptors (Lipinski definition) is 3. The van der Waals surface area contributed by atoms with E-state index in [0.29, 0.717) is 22.9 Å². The van der Waals surface area contributed by atoms with Gasteiger partial charge in [-0.25, -0.2) is 9.50 Å². The number of nitrogens with zero attached hydrogens (tertiary/aromatic N) is 2. The standard InChI is InChI=1S/C25H24N4O2/c1-3-16-8-7-11-19(14-16)27-24(30)20-15(2)26-23-21(17-9-5-4-6-10-17)22(18-12-13-18)28-29(23)25(20)31/h4-11,14,18,28H,3,12-13H2,1-2H3,(H,27,30). The summed E-state index contributed by atoms with van der Waals surface area (Å²) in [6, 6.07) is 17.6. The first-order chi connectivity index (χ1) is 15.1. The Bertz CT molecular complexity index is 1350. The van der Waals surface area contributed by atoms with Gasteiger partial charge in [0, 0.05) is 22.9 Å². The molecule has 0 unspecified atom stereocenters. The number of aromatic amines is 1. The van der Waals surface area contributed by atoms with E-state index in [1.807, 2.05) is 54.6 Å². The van der Waals surface area contributed by atoms with Crippen molar-refractivity contribution in [3.05, 3.63) is 87.5 Å². The monoisotopic (exact) mass is 412 g/mol. The van der Waals surface area contributed by atoms with Gasteiger partial charge < -0.3 is 5.32 Å². The second kappa shape index (κ2) is 7.54. The minimum atomic E-state index is -0.443. The summed E-state index contributed by atoms with van der Waals surface area (Å²) in [4.78, 5) is 31.1. The van der Waals surface area contributed by atoms with Gasteiger partial charge in [0.05, 0.1) is 5.69 Å². The summed E-state index contributed by atoms with van der Waals surface area (Å²) >= 11 is 0. The lowest BCUT2D eigenvalue weighted by Gasteiger charge is -2.09. The summed E-state index contributed by atoms with van der Waals surface area (Å²) in [5, 5.41) is 6.12. The van der Waals surface area contributed by atoms with Crippen LogP contribution in [-0.2, 0) is 6.42 Å². The van der Waals surface area contributed by atoms with Gasteiger partial charge in [0.25, 0.3) is 11.5 Å². The van der Waals surface area contributed by atoms with E-state index in [1.165, 1.54) is 4.52 Å². The van der Waals surface area contributed by atoms with Crippen molar-refractivity contribution in [3.8, 4) is 11.1 Å². The number of amides is 1. The van der Waals surface area contributed by atoms with E-state index in [1.54, 1.807) is 6.92 Å². The Morgan fingerprint density at radius 1 is 1.16 bits per heavy atom. The molecule has 0 spiro atoms. The minimum absolute atomic E-state index is 0.0580. The lowest BCUT2D eigenvalue weighted by atomic mass is 10.0. The molecule has 4 aromatic rings. The zero-order valence-electron chi connectivity index (χ0n) is 17.6. The average molecular weight is 412 g/mol. The van der Waals surface area contributed by atoms with E-state index in [2.05, 4.69) is 17.3 Å². The van der Waals surface area contributed by atoms with E-state index < -0.39 is 5.91 Å². The van der Waals surface area contributed by atoms with E-state index in [-0.39, 0.29) is 11.1 Å². The average Bonchev–Trinajstić information content (AvgIpc) is 3.55. The normalized spacial score (nSPS) is 13.5. The molecule has 2 heterocycles. The molecular formula is C25H24N4O2. The lowest BCUT2D eigenvalue weighted by Crippen LogP contribution is -2.29. The van der Waals surface area contributed by atoms with Gasteiger partial charge in [0.2, 0.25) is 0 Å². The SMILES string of the molecule is CCc1cccc(NC(=O)c2c(C)nc3c(-c4ccccc4)c(C4CC4)[nH]n3c2=O)c1. The molecule has 0 atom stereocenters. The number of carbonyl (C=O) groups is 1. The molecule has 1 aliphatic carbocycles. The second-order valence-electron chi connectivity index (χ2n) is 8.09. The third-order valence-electron chi connectivity index (χ3n) is 5.86. The van der Waals surface area contributed by atoms with E-state index in [4.69, 9.17) is 4.98 Å². The van der Waals surface area contributed by atoms with Gasteiger partial charge in [0.15, 0.2) is 5.65 Å². The van der Waals surface area contributed by atoms with Crippen molar-refractivity contribution in [3.63, 3.8) is 0 Å². The number of fused-ring (bicyclic) bond motifs is 1. The van der Waals surface area contributed by atoms with Gasteiger partial charge in [-0.15, -0.1) is 0 Å². The Morgan fingerprint density at radius 2 is 1.94 bits per heavy atom. The predicted molar refractivity (Wildman–Crippen MR) is 122 cm³/mol. The number of anilines is 1. The first kappa shape index (κ1) is 19.3. The summed E-state index contributed by atoms with van der Waals surface area (Å²) in [6.07, 6.45) is 3.04. The van der Waals surface area contributed by atoms with Crippen molar-refractivity contribution in [1.82, 2.24) is 14.6 Å². The molecule has 2 aromatic heterocycles. The Morgan fingerprint density at radius 3 is 2.65 bits per heavy atom. The highest BCUT2D eigenvalue weighted by molar-refractivity contribution is 6.05. The zero-order chi connectivity index (χ0) is 21.5. The minimum Gasteiger partial charge on any atom is -0.322 e. The van der Waals surface area contributed by atoms with Crippen LogP contribution in [0.2, 0.25) is 0 Å². The number of nitrogens with one attached hydrogen (secondary N) is 2. The largest absolute Gasteiger partial charge is 0.322 e. The highest BCUT2D eigenvalue weighted by Gasteiger charge is 2.31. The topological polar surface area (TPSA) is 79.3 Å². The van der Waals surface area contributed by atoms with Crippen molar-refractivity contribution in [2.45, 2.75) is 39.0 Å². The van der Waals surface area contributed by atoms with Crippen LogP contribution in [-0.4, -0.2) is 20.5 Å². The highest BCUT2D eigenvalue weighted by Crippen LogP contribution is 2.44. The van der Waals surface area contributed by atoms with Crippen LogP contribution in [0.15, 0.2) is 59.4 Å². The Balaban J connectivity index is 1.62. The van der Waals surface area contributed by atoms with Crippen LogP contribution in [0.5, 0.6) is 0 Å². The molecule has 6 heteroatoms. The van der Waals surface area contributed by atoms with Crippen LogP contribution in [0.4, 0.5) is 5.69 Å². The van der Waals surface area contributed by atoms with Crippen molar-refractivity contribution < 1.29 is 4.79 Å². The molecule has 0 bridgehead atoms. The van der Waals surface area contributed by atoms with Gasteiger partial charge in [-0.05, 0) is 49.4 Å². The number of aryl methyl sites for hydroxylation is 2. The molecule has 2 N–H and O–H groups in total. The first-order valence-electron chi connectivity index (χ1n) is 10.7. The van der Waals surface area contributed by atoms with Crippen molar-refractivity contribution in [2.75, 3.05) is 5.32 Å². The summed E-state index contributed by atoms with van der Waals surface area (Å²) in [5.41, 5.74) is 5.44. The highest BCUT2D eigenvalue weighted by atomic mass is 16.2. The quantitative estimate of drug-likeness (QED) is 0.499. The van der Waals surface area contributed by atoms with Gasteiger partial charge in [0.1, 0.15) is 5.56 Å². The van der Waals surface area contributed by atoms with Crippen LogP contribution in [0.25, 0.3) is 16.8 Å². The summed E-state index contributed by atoms with van der Waals surface area (Å²) in [5.74, 6) is -0.0489. The Kier molecular flexibility index (Phi) is 4.70. The predicted octanol–water partition coefficient (Wildman–Crippen LogP) is 4.69. The molecule has 2 aromatic carbocycles. The van der Waals surface area contributed by atoms with Crippen LogP contribution in [0, 0.1) is 6.92 Å². The van der Waals surface area contributed by atoms with E-state index >= 15 is 0 Å². The summed E-state index contributed by atoms with van der Waals surface area (Å²) < 4.78 is 1.43. The fraction of sp³-hybridized carbons (Fsp3) is 0.240. The van der Waals surface area contributed by atoms with Gasteiger partial charge in [-0.1, -0.05) is 49.4 Å². The number of hydrogen-bond donors (Lipinski definition) is 2. The number of benzene rings is 2. The first-order valence-corrected chi connectivity index (χ1v) is 10.7. The fourth-order valence-corrected chi connectivity index (χ4v) is 4.08. The zero-order valence-corrected chi connectivity index (χ0v) is 17.6. The van der Waals surface area contributed by atoms with Gasteiger partial charge in [-0.2, -0.15) is 0 Å². The molecule has 1 aliphatic rings. The van der Waals surface area contributed by atoms with Crippen molar-refractivity contribution >= 4 is 17.2 Å². The maximum atomic E-state index is 13.4. The Labute approximate surface area is 179 Å². The summed E-state index contributed by atoms with van der Waals surface area (Å²) in [7, 11) is 0. The third-order valence-corrected chi connectivity index (χ3v) is 5.86. The molecule has 31 heavy (non-hydrogen) atoms. The molecule has 0 aliphatic heterocycles. The molecule has 1 fully saturated rings. The Hall–Kier alpha value is -3.67. The number of H-pyrrole nitrogens is 1. The molecule has 0 radical (unpaired) electrons. The number of carbonyl (C=O) groups excluding carboxylic acids is 1. The van der Waals surface area contributed by atoms with Crippen LogP contribution < -0.4 is 10.9 Å². The van der Waals surface area contributed by atoms with Gasteiger partial charge >= 0.3 is 0 Å². The maximum Gasteiger partial charge on any atom is 0.285 e. The molecular weight excluding hydrogens is 388 g/mol. The van der Waals surface area contributed by atoms with E-state index in [9.17, 15) is 9.59 Å². The molecule has 1 amide bonds. The smallest absolute Gasteiger partial charge is 0.285 e. The van der Waals surface area contributed by atoms with Gasteiger partial charge in [-0.3, -0.25) is 14.7 Å². The molecule has 5 rings (SSSR count). The summed E-state index contributed by atoms with van der Waals surface area (Å²) in [6.45, 7) is 3.78. The second-order valence-corrected chi connectivity index (χ2v) is 8.09. The number of rotatable bonds is 5.